The van der Waals surface area contributed by atoms with Crippen LogP contribution in [0.25, 0.3) is 11.1 Å². The highest BCUT2D eigenvalue weighted by atomic mass is 16.5. The van der Waals surface area contributed by atoms with Crippen LogP contribution in [0.5, 0.6) is 17.2 Å². The summed E-state index contributed by atoms with van der Waals surface area (Å²) in [5.74, 6) is 1.48. The van der Waals surface area contributed by atoms with Crippen LogP contribution in [0.4, 0.5) is 11.5 Å². The number of nitrogens with one attached hydrogen (secondary N) is 2. The van der Waals surface area contributed by atoms with Gasteiger partial charge in [0.15, 0.2) is 0 Å². The number of benzene rings is 2. The minimum Gasteiger partial charge on any atom is -0.497 e. The van der Waals surface area contributed by atoms with Gasteiger partial charge in [-0.25, -0.2) is 4.68 Å². The minimum atomic E-state index is -0.820. The van der Waals surface area contributed by atoms with Crippen LogP contribution in [0.15, 0.2) is 48.7 Å². The first-order chi connectivity index (χ1) is 15.0. The summed E-state index contributed by atoms with van der Waals surface area (Å²) in [6.45, 7) is 0. The largest absolute Gasteiger partial charge is 0.497 e. The maximum absolute atomic E-state index is 13.1. The first kappa shape index (κ1) is 20.3. The molecule has 1 aliphatic heterocycles. The molecular formula is C22H22N4O5. The van der Waals surface area contributed by atoms with Crippen LogP contribution in [0.1, 0.15) is 12.5 Å². The van der Waals surface area contributed by atoms with Crippen LogP contribution in [0.3, 0.4) is 0 Å². The average Bonchev–Trinajstić information content (AvgIpc) is 3.22. The van der Waals surface area contributed by atoms with Crippen LogP contribution >= 0.6 is 0 Å². The van der Waals surface area contributed by atoms with Crippen molar-refractivity contribution in [2.24, 2.45) is 0 Å². The van der Waals surface area contributed by atoms with E-state index in [4.69, 9.17) is 14.2 Å². The number of aromatic nitrogens is 2. The van der Waals surface area contributed by atoms with Crippen molar-refractivity contribution in [3.63, 3.8) is 0 Å². The van der Waals surface area contributed by atoms with E-state index >= 15 is 0 Å². The zero-order valence-electron chi connectivity index (χ0n) is 17.3. The molecular weight excluding hydrogens is 400 g/mol. The summed E-state index contributed by atoms with van der Waals surface area (Å²) >= 11 is 0. The highest BCUT2D eigenvalue weighted by Crippen LogP contribution is 2.39. The number of ether oxygens (including phenoxy) is 3. The fourth-order valence-electron chi connectivity index (χ4n) is 3.55. The molecule has 0 unspecified atom stereocenters. The Morgan fingerprint density at radius 1 is 1.06 bits per heavy atom. The number of hydrogen-bond acceptors (Lipinski definition) is 6. The molecule has 0 fully saturated rings. The molecule has 1 aliphatic rings. The van der Waals surface area contributed by atoms with Crippen molar-refractivity contribution in [1.29, 1.82) is 0 Å². The van der Waals surface area contributed by atoms with E-state index in [9.17, 15) is 9.59 Å². The Labute approximate surface area is 178 Å². The Kier molecular flexibility index (Phi) is 5.48. The van der Waals surface area contributed by atoms with Crippen LogP contribution in [-0.2, 0) is 9.59 Å². The third-order valence-corrected chi connectivity index (χ3v) is 5.09. The van der Waals surface area contributed by atoms with Crippen LogP contribution in [-0.4, -0.2) is 42.9 Å². The van der Waals surface area contributed by atoms with Crippen molar-refractivity contribution < 1.29 is 23.8 Å². The maximum Gasteiger partial charge on any atom is 0.249 e. The molecule has 9 heteroatoms. The zero-order chi connectivity index (χ0) is 22.0. The average molecular weight is 422 g/mol. The standard InChI is InChI=1S/C22H22N4O5/c1-29-13-8-9-16(19(10-13)31-3)24-22(28)17-11-20(27)25-21-15(12-23-26(17)21)14-6-4-5-7-18(14)30-2/h4-10,12,17H,11H2,1-3H3,(H,24,28)(H,25,27)/t17-/m1/s1. The normalized spacial score (nSPS) is 14.9. The molecule has 2 aromatic carbocycles. The van der Waals surface area contributed by atoms with Crippen LogP contribution < -0.4 is 24.8 Å². The Morgan fingerprint density at radius 2 is 1.84 bits per heavy atom. The van der Waals surface area contributed by atoms with Gasteiger partial charge in [-0.05, 0) is 18.2 Å². The quantitative estimate of drug-likeness (QED) is 0.633. The van der Waals surface area contributed by atoms with Gasteiger partial charge in [-0.15, -0.1) is 0 Å². The number of rotatable bonds is 6. The molecule has 4 rings (SSSR count). The minimum absolute atomic E-state index is 0.0374. The lowest BCUT2D eigenvalue weighted by Gasteiger charge is -2.25. The Bertz CT molecular complexity index is 1140. The second-order valence-electron chi connectivity index (χ2n) is 6.88. The maximum atomic E-state index is 13.1. The Morgan fingerprint density at radius 3 is 2.58 bits per heavy atom. The molecule has 2 heterocycles. The number of para-hydroxylation sites is 1. The van der Waals surface area contributed by atoms with E-state index in [1.807, 2.05) is 24.3 Å². The number of anilines is 2. The smallest absolute Gasteiger partial charge is 0.249 e. The van der Waals surface area contributed by atoms with E-state index in [-0.39, 0.29) is 18.2 Å². The fraction of sp³-hybridized carbons (Fsp3) is 0.227. The summed E-state index contributed by atoms with van der Waals surface area (Å²) in [5, 5.41) is 10.1. The number of hydrogen-bond donors (Lipinski definition) is 2. The van der Waals surface area contributed by atoms with Gasteiger partial charge in [0.05, 0.1) is 39.6 Å². The summed E-state index contributed by atoms with van der Waals surface area (Å²) in [4.78, 5) is 25.5. The second-order valence-corrected chi connectivity index (χ2v) is 6.88. The summed E-state index contributed by atoms with van der Waals surface area (Å²) < 4.78 is 17.5. The number of amides is 2. The predicted molar refractivity (Wildman–Crippen MR) is 115 cm³/mol. The zero-order valence-corrected chi connectivity index (χ0v) is 17.3. The van der Waals surface area contributed by atoms with Gasteiger partial charge >= 0.3 is 0 Å². The molecule has 160 valence electrons. The number of methoxy groups -OCH3 is 3. The van der Waals surface area contributed by atoms with E-state index in [1.54, 1.807) is 38.6 Å². The molecule has 2 amide bonds. The predicted octanol–water partition coefficient (Wildman–Crippen LogP) is 3.10. The molecule has 2 N–H and O–H groups in total. The van der Waals surface area contributed by atoms with E-state index < -0.39 is 6.04 Å². The van der Waals surface area contributed by atoms with Crippen LogP contribution in [0.2, 0.25) is 0 Å². The molecule has 0 bridgehead atoms. The Balaban J connectivity index is 1.67. The highest BCUT2D eigenvalue weighted by Gasteiger charge is 2.34. The lowest BCUT2D eigenvalue weighted by Crippen LogP contribution is -2.35. The number of fused-ring (bicyclic) bond motifs is 1. The van der Waals surface area contributed by atoms with Gasteiger partial charge in [0, 0.05) is 17.2 Å². The van der Waals surface area contributed by atoms with Gasteiger partial charge < -0.3 is 24.8 Å². The van der Waals surface area contributed by atoms with Crippen molar-refractivity contribution in [3.05, 3.63) is 48.7 Å². The molecule has 1 aromatic heterocycles. The topological polar surface area (TPSA) is 104 Å². The molecule has 9 nitrogen and oxygen atoms in total. The van der Waals surface area contributed by atoms with Gasteiger partial charge in [-0.1, -0.05) is 18.2 Å². The number of carbonyl (C=O) groups is 2. The number of nitrogens with zero attached hydrogens (tertiary/aromatic N) is 2. The van der Waals surface area contributed by atoms with Crippen molar-refractivity contribution in [2.45, 2.75) is 12.5 Å². The summed E-state index contributed by atoms with van der Waals surface area (Å²) in [6.07, 6.45) is 1.58. The van der Waals surface area contributed by atoms with Crippen LogP contribution in [0, 0.1) is 0 Å². The van der Waals surface area contributed by atoms with Crippen molar-refractivity contribution in [3.8, 4) is 28.4 Å². The summed E-state index contributed by atoms with van der Waals surface area (Å²) in [5.41, 5.74) is 1.91. The fourth-order valence-corrected chi connectivity index (χ4v) is 3.55. The number of carbonyl (C=O) groups excluding carboxylic acids is 2. The van der Waals surface area contributed by atoms with Crippen molar-refractivity contribution in [1.82, 2.24) is 9.78 Å². The van der Waals surface area contributed by atoms with Crippen molar-refractivity contribution >= 4 is 23.3 Å². The molecule has 0 saturated carbocycles. The molecule has 0 spiro atoms. The monoisotopic (exact) mass is 422 g/mol. The molecule has 31 heavy (non-hydrogen) atoms. The van der Waals surface area contributed by atoms with Gasteiger partial charge in [0.1, 0.15) is 29.1 Å². The van der Waals surface area contributed by atoms with Gasteiger partial charge in [0.25, 0.3) is 0 Å². The van der Waals surface area contributed by atoms with E-state index in [2.05, 4.69) is 15.7 Å². The molecule has 0 radical (unpaired) electrons. The molecule has 1 atom stereocenters. The second kappa shape index (κ2) is 8.39. The lowest BCUT2D eigenvalue weighted by molar-refractivity contribution is -0.125. The van der Waals surface area contributed by atoms with Gasteiger partial charge in [0.2, 0.25) is 11.8 Å². The first-order valence-electron chi connectivity index (χ1n) is 9.59. The van der Waals surface area contributed by atoms with E-state index in [1.165, 1.54) is 11.8 Å². The van der Waals surface area contributed by atoms with Gasteiger partial charge in [-0.3, -0.25) is 9.59 Å². The molecule has 0 aliphatic carbocycles. The lowest BCUT2D eigenvalue weighted by atomic mass is 10.1. The Hall–Kier alpha value is -4.01. The highest BCUT2D eigenvalue weighted by molar-refractivity contribution is 6.03. The molecule has 0 saturated heterocycles. The summed E-state index contributed by atoms with van der Waals surface area (Å²) in [7, 11) is 4.63. The third-order valence-electron chi connectivity index (χ3n) is 5.09. The van der Waals surface area contributed by atoms with Crippen molar-refractivity contribution in [2.75, 3.05) is 32.0 Å². The van der Waals surface area contributed by atoms with E-state index in [0.29, 0.717) is 34.3 Å². The first-order valence-corrected chi connectivity index (χ1v) is 9.59. The summed E-state index contributed by atoms with van der Waals surface area (Å²) in [6, 6.07) is 11.7. The third kappa shape index (κ3) is 3.77. The SMILES string of the molecule is COc1ccc(NC(=O)[C@H]2CC(=O)Nc3c(-c4ccccc4OC)cnn32)c(OC)c1. The molecule has 3 aromatic rings. The van der Waals surface area contributed by atoms with E-state index in [0.717, 1.165) is 5.56 Å². The van der Waals surface area contributed by atoms with Gasteiger partial charge in [-0.2, -0.15) is 5.10 Å².